The lowest BCUT2D eigenvalue weighted by Gasteiger charge is -2.14. The van der Waals surface area contributed by atoms with E-state index in [0.717, 1.165) is 35.4 Å². The Morgan fingerprint density at radius 3 is 2.17 bits per heavy atom. The van der Waals surface area contributed by atoms with Crippen LogP contribution >= 0.6 is 0 Å². The summed E-state index contributed by atoms with van der Waals surface area (Å²) in [5.41, 5.74) is 5.70. The lowest BCUT2D eigenvalue weighted by molar-refractivity contribution is 0.494. The van der Waals surface area contributed by atoms with Gasteiger partial charge >= 0.3 is 0 Å². The quantitative estimate of drug-likeness (QED) is 0.278. The Morgan fingerprint density at radius 1 is 0.857 bits per heavy atom. The van der Waals surface area contributed by atoms with E-state index in [1.807, 2.05) is 33.4 Å². The van der Waals surface area contributed by atoms with E-state index in [0.29, 0.717) is 47.0 Å². The Labute approximate surface area is 205 Å². The van der Waals surface area contributed by atoms with Crippen molar-refractivity contribution < 1.29 is 0 Å². The van der Waals surface area contributed by atoms with Crippen molar-refractivity contribution in [3.63, 3.8) is 0 Å². The third kappa shape index (κ3) is 4.01. The van der Waals surface area contributed by atoms with Gasteiger partial charge in [0.05, 0.1) is 11.0 Å². The summed E-state index contributed by atoms with van der Waals surface area (Å²) in [5, 5.41) is 0.546. The second kappa shape index (κ2) is 9.25. The second-order valence-electron chi connectivity index (χ2n) is 9.84. The third-order valence-corrected chi connectivity index (χ3v) is 7.02. The van der Waals surface area contributed by atoms with Crippen molar-refractivity contribution in [2.45, 2.75) is 66.3 Å². The predicted molar refractivity (Wildman–Crippen MR) is 143 cm³/mol. The van der Waals surface area contributed by atoms with Gasteiger partial charge in [0.25, 0.3) is 5.56 Å². The summed E-state index contributed by atoms with van der Waals surface area (Å²) in [5.74, 6) is 1.79. The monoisotopic (exact) mass is 467 g/mol. The summed E-state index contributed by atoms with van der Waals surface area (Å²) in [6, 6.07) is 16.4. The molecule has 3 heterocycles. The van der Waals surface area contributed by atoms with E-state index in [1.165, 1.54) is 5.56 Å². The van der Waals surface area contributed by atoms with Crippen molar-refractivity contribution in [3.8, 4) is 5.69 Å². The number of nitrogens with zero attached hydrogens (tertiary/aromatic N) is 5. The first kappa shape index (κ1) is 23.2. The molecule has 0 aliphatic rings. The van der Waals surface area contributed by atoms with Crippen LogP contribution in [0.1, 0.15) is 64.8 Å². The maximum absolute atomic E-state index is 13.9. The number of para-hydroxylation sites is 2. The van der Waals surface area contributed by atoms with Gasteiger partial charge in [-0.3, -0.25) is 13.9 Å². The number of benzene rings is 2. The number of hydrogen-bond donors (Lipinski definition) is 0. The average Bonchev–Trinajstić information content (AvgIpc) is 3.19. The van der Waals surface area contributed by atoms with Crippen LogP contribution < -0.4 is 5.56 Å². The fraction of sp³-hybridized carbons (Fsp3) is 0.379. The van der Waals surface area contributed by atoms with Gasteiger partial charge in [-0.15, -0.1) is 0 Å². The predicted octanol–water partition coefficient (Wildman–Crippen LogP) is 6.41. The van der Waals surface area contributed by atoms with Crippen LogP contribution in [0.3, 0.4) is 0 Å². The van der Waals surface area contributed by atoms with Gasteiger partial charge in [-0.05, 0) is 54.5 Å². The maximum Gasteiger partial charge on any atom is 0.265 e. The van der Waals surface area contributed by atoms with Crippen LogP contribution in [0.25, 0.3) is 38.9 Å². The fourth-order valence-corrected chi connectivity index (χ4v) is 4.69. The van der Waals surface area contributed by atoms with Crippen LogP contribution in [-0.4, -0.2) is 24.1 Å². The minimum atomic E-state index is -0.0305. The lowest BCUT2D eigenvalue weighted by Crippen LogP contribution is -2.26. The van der Waals surface area contributed by atoms with Gasteiger partial charge in [0.1, 0.15) is 16.7 Å². The molecule has 0 N–H and O–H groups in total. The summed E-state index contributed by atoms with van der Waals surface area (Å²) >= 11 is 0. The Balaban J connectivity index is 1.86. The number of aryl methyl sites for hydroxylation is 1. The SMILES string of the molecule is CCc1nc2c(c(=O)n1CCC(C)C)c1nc3ccccc3nc1n2-c1ccc([C@H](C)CC)cc1. The van der Waals surface area contributed by atoms with Gasteiger partial charge < -0.3 is 0 Å². The first-order chi connectivity index (χ1) is 16.9. The van der Waals surface area contributed by atoms with Crippen molar-refractivity contribution in [2.24, 2.45) is 5.92 Å². The highest BCUT2D eigenvalue weighted by Crippen LogP contribution is 2.30. The molecule has 6 heteroatoms. The van der Waals surface area contributed by atoms with Crippen LogP contribution in [0.2, 0.25) is 0 Å². The van der Waals surface area contributed by atoms with Crippen molar-refractivity contribution in [1.29, 1.82) is 0 Å². The van der Waals surface area contributed by atoms with Crippen molar-refractivity contribution in [2.75, 3.05) is 0 Å². The standard InChI is InChI=1S/C29H33N5O/c1-6-19(5)20-12-14-21(15-13-20)34-27-25(26-28(34)31-23-11-9-8-10-22(23)30-26)29(35)33(17-16-18(3)4)24(7-2)32-27/h8-15,18-19H,6-7,16-17H2,1-5H3/t19-/m1/s1. The largest absolute Gasteiger partial charge is 0.296 e. The zero-order chi connectivity index (χ0) is 24.7. The van der Waals surface area contributed by atoms with Crippen molar-refractivity contribution in [1.82, 2.24) is 24.1 Å². The molecule has 0 saturated heterocycles. The van der Waals surface area contributed by atoms with E-state index in [2.05, 4.69) is 58.9 Å². The normalized spacial score (nSPS) is 12.9. The molecular weight excluding hydrogens is 434 g/mol. The van der Waals surface area contributed by atoms with E-state index in [-0.39, 0.29) is 5.56 Å². The highest BCUT2D eigenvalue weighted by Gasteiger charge is 2.23. The number of aromatic nitrogens is 5. The second-order valence-corrected chi connectivity index (χ2v) is 9.84. The molecular formula is C29H33N5O. The molecule has 0 aliphatic carbocycles. The van der Waals surface area contributed by atoms with Crippen LogP contribution in [-0.2, 0) is 13.0 Å². The molecule has 0 unspecified atom stereocenters. The van der Waals surface area contributed by atoms with Crippen molar-refractivity contribution >= 4 is 33.2 Å². The molecule has 5 rings (SSSR count). The Hall–Kier alpha value is -3.54. The number of hydrogen-bond acceptors (Lipinski definition) is 4. The van der Waals surface area contributed by atoms with Crippen LogP contribution in [0.5, 0.6) is 0 Å². The lowest BCUT2D eigenvalue weighted by atomic mass is 9.99. The Kier molecular flexibility index (Phi) is 6.13. The molecule has 0 fully saturated rings. The zero-order valence-corrected chi connectivity index (χ0v) is 21.2. The topological polar surface area (TPSA) is 65.6 Å². The molecule has 2 aromatic carbocycles. The molecule has 0 saturated carbocycles. The van der Waals surface area contributed by atoms with Crippen LogP contribution in [0.15, 0.2) is 53.3 Å². The van der Waals surface area contributed by atoms with E-state index < -0.39 is 0 Å². The summed E-state index contributed by atoms with van der Waals surface area (Å²) in [7, 11) is 0. The number of rotatable bonds is 7. The fourth-order valence-electron chi connectivity index (χ4n) is 4.69. The molecule has 180 valence electrons. The average molecular weight is 468 g/mol. The van der Waals surface area contributed by atoms with Gasteiger partial charge in [0, 0.05) is 18.7 Å². The third-order valence-electron chi connectivity index (χ3n) is 7.02. The summed E-state index contributed by atoms with van der Waals surface area (Å²) in [6.45, 7) is 11.5. The molecule has 0 radical (unpaired) electrons. The molecule has 6 nitrogen and oxygen atoms in total. The van der Waals surface area contributed by atoms with E-state index >= 15 is 0 Å². The molecule has 1 atom stereocenters. The van der Waals surface area contributed by atoms with Gasteiger partial charge in [0.15, 0.2) is 11.3 Å². The minimum Gasteiger partial charge on any atom is -0.296 e. The highest BCUT2D eigenvalue weighted by molar-refractivity contribution is 6.05. The molecule has 0 bridgehead atoms. The van der Waals surface area contributed by atoms with Crippen molar-refractivity contribution in [3.05, 3.63) is 70.3 Å². The Morgan fingerprint density at radius 2 is 1.54 bits per heavy atom. The molecule has 3 aromatic heterocycles. The van der Waals surface area contributed by atoms with Gasteiger partial charge in [-0.2, -0.15) is 0 Å². The molecule has 35 heavy (non-hydrogen) atoms. The first-order valence-electron chi connectivity index (χ1n) is 12.7. The molecule has 0 amide bonds. The van der Waals surface area contributed by atoms with Gasteiger partial charge in [0.2, 0.25) is 0 Å². The maximum atomic E-state index is 13.9. The molecule has 0 spiro atoms. The smallest absolute Gasteiger partial charge is 0.265 e. The highest BCUT2D eigenvalue weighted by atomic mass is 16.1. The van der Waals surface area contributed by atoms with Gasteiger partial charge in [-0.1, -0.05) is 58.9 Å². The van der Waals surface area contributed by atoms with Gasteiger partial charge in [-0.25, -0.2) is 15.0 Å². The zero-order valence-electron chi connectivity index (χ0n) is 21.2. The minimum absolute atomic E-state index is 0.0305. The Bertz CT molecular complexity index is 1580. The molecule has 0 aliphatic heterocycles. The first-order valence-corrected chi connectivity index (χ1v) is 12.7. The number of fused-ring (bicyclic) bond motifs is 4. The van der Waals surface area contributed by atoms with E-state index in [1.54, 1.807) is 0 Å². The summed E-state index contributed by atoms with van der Waals surface area (Å²) < 4.78 is 3.85. The van der Waals surface area contributed by atoms with E-state index in [4.69, 9.17) is 15.0 Å². The van der Waals surface area contributed by atoms with Crippen LogP contribution in [0.4, 0.5) is 0 Å². The van der Waals surface area contributed by atoms with Crippen LogP contribution in [0, 0.1) is 5.92 Å². The summed E-state index contributed by atoms with van der Waals surface area (Å²) in [6.07, 6.45) is 2.69. The summed E-state index contributed by atoms with van der Waals surface area (Å²) in [4.78, 5) is 28.9. The molecule has 5 aromatic rings. The van der Waals surface area contributed by atoms with E-state index in [9.17, 15) is 4.79 Å².